The van der Waals surface area contributed by atoms with Crippen LogP contribution in [-0.4, -0.2) is 68.8 Å². The van der Waals surface area contributed by atoms with Crippen molar-refractivity contribution < 1.29 is 9.59 Å². The summed E-state index contributed by atoms with van der Waals surface area (Å²) in [6, 6.07) is 9.45. The minimum Gasteiger partial charge on any atom is -0.361 e. The summed E-state index contributed by atoms with van der Waals surface area (Å²) >= 11 is 0. The average molecular weight is 404 g/mol. The maximum atomic E-state index is 13.3. The summed E-state index contributed by atoms with van der Waals surface area (Å²) < 4.78 is 0. The van der Waals surface area contributed by atoms with Crippen LogP contribution in [0, 0.1) is 0 Å². The number of piperazine rings is 1. The van der Waals surface area contributed by atoms with Gasteiger partial charge >= 0.3 is 0 Å². The molecule has 5 rings (SSSR count). The average Bonchev–Trinajstić information content (AvgIpc) is 3.38. The van der Waals surface area contributed by atoms with Crippen molar-refractivity contribution in [3.8, 4) is 0 Å². The maximum Gasteiger partial charge on any atom is 0.245 e. The summed E-state index contributed by atoms with van der Waals surface area (Å²) in [7, 11) is 0. The lowest BCUT2D eigenvalue weighted by atomic mass is 10.1. The molecule has 1 N–H and O–H groups in total. The first kappa shape index (κ1) is 18.6. The van der Waals surface area contributed by atoms with Gasteiger partial charge in [0.15, 0.2) is 0 Å². The number of fused-ring (bicyclic) bond motifs is 1. The number of nitrogens with zero attached hydrogens (tertiary/aromatic N) is 5. The Morgan fingerprint density at radius 1 is 1.07 bits per heavy atom. The fourth-order valence-electron chi connectivity index (χ4n) is 4.43. The van der Waals surface area contributed by atoms with E-state index in [0.29, 0.717) is 51.5 Å². The lowest BCUT2D eigenvalue weighted by Gasteiger charge is -2.37. The summed E-state index contributed by atoms with van der Waals surface area (Å²) in [4.78, 5) is 43.4. The monoisotopic (exact) mass is 404 g/mol. The van der Waals surface area contributed by atoms with Crippen molar-refractivity contribution in [3.05, 3.63) is 54.5 Å². The molecule has 3 aromatic rings. The number of carbonyl (C=O) groups excluding carboxylic acids is 2. The van der Waals surface area contributed by atoms with Crippen molar-refractivity contribution in [3.63, 3.8) is 0 Å². The molecule has 1 unspecified atom stereocenters. The Balaban J connectivity index is 1.27. The van der Waals surface area contributed by atoms with Gasteiger partial charge in [-0.1, -0.05) is 18.2 Å². The second kappa shape index (κ2) is 7.78. The van der Waals surface area contributed by atoms with Crippen molar-refractivity contribution in [1.82, 2.24) is 24.8 Å². The Kier molecular flexibility index (Phi) is 4.82. The van der Waals surface area contributed by atoms with Gasteiger partial charge in [-0.25, -0.2) is 9.97 Å². The molecule has 0 bridgehead atoms. The highest BCUT2D eigenvalue weighted by molar-refractivity contribution is 5.91. The van der Waals surface area contributed by atoms with Crippen molar-refractivity contribution in [2.75, 3.05) is 31.1 Å². The summed E-state index contributed by atoms with van der Waals surface area (Å²) in [5, 5.41) is 1.10. The zero-order chi connectivity index (χ0) is 20.5. The van der Waals surface area contributed by atoms with Crippen LogP contribution in [0.25, 0.3) is 10.9 Å². The summed E-state index contributed by atoms with van der Waals surface area (Å²) in [6.07, 6.45) is 6.41. The molecule has 2 amide bonds. The zero-order valence-electron chi connectivity index (χ0n) is 16.7. The third-order valence-electron chi connectivity index (χ3n) is 6.06. The summed E-state index contributed by atoms with van der Waals surface area (Å²) in [6.45, 7) is 3.07. The first-order chi connectivity index (χ1) is 14.7. The molecule has 0 spiro atoms. The van der Waals surface area contributed by atoms with E-state index in [1.165, 1.54) is 0 Å². The van der Waals surface area contributed by atoms with E-state index in [2.05, 4.69) is 19.9 Å². The number of carbonyl (C=O) groups is 2. The van der Waals surface area contributed by atoms with E-state index < -0.39 is 0 Å². The van der Waals surface area contributed by atoms with E-state index in [1.54, 1.807) is 23.4 Å². The molecule has 0 saturated carbocycles. The third kappa shape index (κ3) is 3.38. The van der Waals surface area contributed by atoms with Crippen molar-refractivity contribution in [1.29, 1.82) is 0 Å². The highest BCUT2D eigenvalue weighted by atomic mass is 16.2. The number of amides is 2. The molecule has 1 aromatic carbocycles. The number of rotatable bonds is 4. The van der Waals surface area contributed by atoms with E-state index in [-0.39, 0.29) is 17.9 Å². The molecule has 0 aliphatic carbocycles. The Morgan fingerprint density at radius 3 is 2.63 bits per heavy atom. The number of nitrogens with one attached hydrogen (secondary N) is 1. The number of anilines is 1. The number of hydrogen-bond donors (Lipinski definition) is 1. The summed E-state index contributed by atoms with van der Waals surface area (Å²) in [5.74, 6) is 0.797. The topological polar surface area (TPSA) is 85.4 Å². The van der Waals surface area contributed by atoms with Crippen LogP contribution >= 0.6 is 0 Å². The maximum absolute atomic E-state index is 13.3. The SMILES string of the molecule is O=C(C1CCC(=O)N1Cc1c[nH]c2ccccc12)N1CCN(c2ncccn2)CC1. The predicted molar refractivity (Wildman–Crippen MR) is 113 cm³/mol. The van der Waals surface area contributed by atoms with Crippen molar-refractivity contribution in [2.45, 2.75) is 25.4 Å². The van der Waals surface area contributed by atoms with E-state index in [1.807, 2.05) is 35.4 Å². The molecule has 8 heteroatoms. The Hall–Kier alpha value is -3.42. The third-order valence-corrected chi connectivity index (χ3v) is 6.06. The van der Waals surface area contributed by atoms with E-state index in [9.17, 15) is 9.59 Å². The van der Waals surface area contributed by atoms with Gasteiger partial charge in [0.1, 0.15) is 6.04 Å². The highest BCUT2D eigenvalue weighted by Gasteiger charge is 2.39. The van der Waals surface area contributed by atoms with Crippen molar-refractivity contribution in [2.24, 2.45) is 0 Å². The fraction of sp³-hybridized carbons (Fsp3) is 0.364. The largest absolute Gasteiger partial charge is 0.361 e. The van der Waals surface area contributed by atoms with Gasteiger partial charge in [0.25, 0.3) is 0 Å². The Morgan fingerprint density at radius 2 is 1.83 bits per heavy atom. The molecular formula is C22H24N6O2. The van der Waals surface area contributed by atoms with E-state index in [4.69, 9.17) is 0 Å². The van der Waals surface area contributed by atoms with Crippen LogP contribution in [0.3, 0.4) is 0 Å². The van der Waals surface area contributed by atoms with Crippen LogP contribution in [0.1, 0.15) is 18.4 Å². The smallest absolute Gasteiger partial charge is 0.245 e. The first-order valence-electron chi connectivity index (χ1n) is 10.4. The molecular weight excluding hydrogens is 380 g/mol. The normalized spacial score (nSPS) is 19.7. The predicted octanol–water partition coefficient (Wildman–Crippen LogP) is 1.80. The molecule has 0 radical (unpaired) electrons. The first-order valence-corrected chi connectivity index (χ1v) is 10.4. The quantitative estimate of drug-likeness (QED) is 0.717. The van der Waals surface area contributed by atoms with Crippen LogP contribution < -0.4 is 4.90 Å². The van der Waals surface area contributed by atoms with Gasteiger partial charge < -0.3 is 19.7 Å². The molecule has 2 fully saturated rings. The molecule has 4 heterocycles. The lowest BCUT2D eigenvalue weighted by Crippen LogP contribution is -2.54. The molecule has 30 heavy (non-hydrogen) atoms. The van der Waals surface area contributed by atoms with E-state index in [0.717, 1.165) is 16.5 Å². The lowest BCUT2D eigenvalue weighted by molar-refractivity contribution is -0.142. The number of benzene rings is 1. The van der Waals surface area contributed by atoms with Gasteiger partial charge in [-0.3, -0.25) is 9.59 Å². The highest BCUT2D eigenvalue weighted by Crippen LogP contribution is 2.27. The number of hydrogen-bond acceptors (Lipinski definition) is 5. The van der Waals surface area contributed by atoms with Gasteiger partial charge in [0, 0.05) is 68.6 Å². The summed E-state index contributed by atoms with van der Waals surface area (Å²) in [5.41, 5.74) is 2.09. The number of H-pyrrole nitrogens is 1. The molecule has 154 valence electrons. The van der Waals surface area contributed by atoms with Crippen LogP contribution in [-0.2, 0) is 16.1 Å². The minimum absolute atomic E-state index is 0.0503. The number of aromatic nitrogens is 3. The van der Waals surface area contributed by atoms with Crippen LogP contribution in [0.2, 0.25) is 0 Å². The molecule has 2 aliphatic heterocycles. The number of para-hydroxylation sites is 1. The second-order valence-electron chi connectivity index (χ2n) is 7.80. The van der Waals surface area contributed by atoms with Crippen LogP contribution in [0.15, 0.2) is 48.9 Å². The van der Waals surface area contributed by atoms with Gasteiger partial charge in [-0.2, -0.15) is 0 Å². The molecule has 1 atom stereocenters. The molecule has 8 nitrogen and oxygen atoms in total. The number of aromatic amines is 1. The zero-order valence-corrected chi connectivity index (χ0v) is 16.7. The second-order valence-corrected chi connectivity index (χ2v) is 7.80. The van der Waals surface area contributed by atoms with Crippen LogP contribution in [0.4, 0.5) is 5.95 Å². The standard InChI is InChI=1S/C22H24N6O2/c29-20-7-6-19(28(20)15-16-14-25-18-5-2-1-4-17(16)18)21(30)26-10-12-27(13-11-26)22-23-8-3-9-24-22/h1-5,8-9,14,19,25H,6-7,10-13,15H2. The molecule has 2 aromatic heterocycles. The Bertz CT molecular complexity index is 1060. The van der Waals surface area contributed by atoms with Crippen molar-refractivity contribution >= 4 is 28.7 Å². The molecule has 2 saturated heterocycles. The van der Waals surface area contributed by atoms with Gasteiger partial charge in [0.05, 0.1) is 0 Å². The van der Waals surface area contributed by atoms with Gasteiger partial charge in [0.2, 0.25) is 17.8 Å². The fourth-order valence-corrected chi connectivity index (χ4v) is 4.43. The molecule has 2 aliphatic rings. The Labute approximate surface area is 174 Å². The van der Waals surface area contributed by atoms with Gasteiger partial charge in [-0.05, 0) is 24.1 Å². The minimum atomic E-state index is -0.384. The van der Waals surface area contributed by atoms with Crippen LogP contribution in [0.5, 0.6) is 0 Å². The van der Waals surface area contributed by atoms with Gasteiger partial charge in [-0.15, -0.1) is 0 Å². The van der Waals surface area contributed by atoms with E-state index >= 15 is 0 Å². The number of likely N-dealkylation sites (tertiary alicyclic amines) is 1.